The number of hydrogen-bond donors (Lipinski definition) is 1. The Balaban J connectivity index is 2.86. The molecular formula is C11H10N4O. The highest BCUT2D eigenvalue weighted by Crippen LogP contribution is 2.08. The van der Waals surface area contributed by atoms with Crippen molar-refractivity contribution in [3.8, 4) is 6.07 Å². The number of fused-ring (bicyclic) bond motifs is 1. The van der Waals surface area contributed by atoms with Crippen LogP contribution in [0.2, 0.25) is 0 Å². The van der Waals surface area contributed by atoms with E-state index >= 15 is 0 Å². The maximum absolute atomic E-state index is 12.0. The number of nitrogens with one attached hydrogen (secondary N) is 1. The minimum atomic E-state index is -0.177. The van der Waals surface area contributed by atoms with Crippen molar-refractivity contribution in [2.45, 2.75) is 13.3 Å². The summed E-state index contributed by atoms with van der Waals surface area (Å²) in [6.07, 6.45) is 3.61. The van der Waals surface area contributed by atoms with Gasteiger partial charge in [-0.2, -0.15) is 5.26 Å². The Kier molecular flexibility index (Phi) is 2.33. The lowest BCUT2D eigenvalue weighted by atomic mass is 10.1. The molecule has 16 heavy (non-hydrogen) atoms. The van der Waals surface area contributed by atoms with E-state index in [1.165, 1.54) is 10.7 Å². The average Bonchev–Trinajstić information content (AvgIpc) is 2.67. The summed E-state index contributed by atoms with van der Waals surface area (Å²) in [4.78, 5) is 16.3. The van der Waals surface area contributed by atoms with Crippen molar-refractivity contribution in [1.29, 1.82) is 5.26 Å². The molecule has 2 aromatic heterocycles. The van der Waals surface area contributed by atoms with E-state index < -0.39 is 0 Å². The standard InChI is InChI=1S/C11H10N4O/c1-3-4-9-7(2)14-10-8(5-12)6-13-15(10)11(9)16/h3,6,13H,1,4H2,2H3. The lowest BCUT2D eigenvalue weighted by Gasteiger charge is -2.02. The molecule has 0 amide bonds. The monoisotopic (exact) mass is 214 g/mol. The molecule has 1 N–H and O–H groups in total. The molecule has 0 radical (unpaired) electrons. The van der Waals surface area contributed by atoms with E-state index in [1.54, 1.807) is 13.0 Å². The first-order chi connectivity index (χ1) is 7.69. The first kappa shape index (κ1) is 10.2. The molecule has 5 nitrogen and oxygen atoms in total. The Labute approximate surface area is 91.6 Å². The summed E-state index contributed by atoms with van der Waals surface area (Å²) in [6.45, 7) is 5.36. The van der Waals surface area contributed by atoms with Crippen LogP contribution in [0.25, 0.3) is 5.65 Å². The van der Waals surface area contributed by atoms with Crippen LogP contribution in [0.1, 0.15) is 16.8 Å². The molecule has 0 aliphatic heterocycles. The number of nitriles is 1. The molecule has 0 atom stereocenters. The zero-order chi connectivity index (χ0) is 11.7. The van der Waals surface area contributed by atoms with Gasteiger partial charge in [-0.3, -0.25) is 9.89 Å². The normalized spacial score (nSPS) is 10.2. The lowest BCUT2D eigenvalue weighted by Crippen LogP contribution is -2.21. The van der Waals surface area contributed by atoms with Crippen LogP contribution in [0.4, 0.5) is 0 Å². The number of rotatable bonds is 2. The van der Waals surface area contributed by atoms with Crippen molar-refractivity contribution < 1.29 is 0 Å². The number of hydrogen-bond acceptors (Lipinski definition) is 3. The molecule has 2 aromatic rings. The largest absolute Gasteiger partial charge is 0.295 e. The van der Waals surface area contributed by atoms with Crippen LogP contribution in [0.3, 0.4) is 0 Å². The number of allylic oxidation sites excluding steroid dienone is 1. The topological polar surface area (TPSA) is 73.9 Å². The molecule has 0 aliphatic carbocycles. The van der Waals surface area contributed by atoms with E-state index in [0.717, 1.165) is 0 Å². The molecule has 0 bridgehead atoms. The average molecular weight is 214 g/mol. The second-order valence-corrected chi connectivity index (χ2v) is 3.43. The van der Waals surface area contributed by atoms with Crippen LogP contribution in [0.15, 0.2) is 23.6 Å². The minimum Gasteiger partial charge on any atom is -0.295 e. The zero-order valence-electron chi connectivity index (χ0n) is 8.82. The van der Waals surface area contributed by atoms with Gasteiger partial charge in [-0.1, -0.05) is 6.08 Å². The highest BCUT2D eigenvalue weighted by molar-refractivity contribution is 5.54. The maximum atomic E-state index is 12.0. The predicted octanol–water partition coefficient (Wildman–Crippen LogP) is 0.931. The molecule has 5 heteroatoms. The van der Waals surface area contributed by atoms with E-state index in [0.29, 0.717) is 28.9 Å². The van der Waals surface area contributed by atoms with Gasteiger partial charge in [0.05, 0.1) is 0 Å². The molecule has 0 saturated carbocycles. The molecule has 2 rings (SSSR count). The van der Waals surface area contributed by atoms with E-state index in [1.807, 2.05) is 6.07 Å². The van der Waals surface area contributed by atoms with Gasteiger partial charge in [-0.25, -0.2) is 9.50 Å². The summed E-state index contributed by atoms with van der Waals surface area (Å²) in [5.74, 6) is 0. The predicted molar refractivity (Wildman–Crippen MR) is 59.2 cm³/mol. The number of nitrogens with zero attached hydrogens (tertiary/aromatic N) is 3. The summed E-state index contributed by atoms with van der Waals surface area (Å²) in [5.41, 5.74) is 1.80. The van der Waals surface area contributed by atoms with Crippen molar-refractivity contribution in [3.05, 3.63) is 46.0 Å². The van der Waals surface area contributed by atoms with Gasteiger partial charge < -0.3 is 0 Å². The quantitative estimate of drug-likeness (QED) is 0.756. The molecule has 0 spiro atoms. The highest BCUT2D eigenvalue weighted by atomic mass is 16.1. The van der Waals surface area contributed by atoms with Gasteiger partial charge in [0.1, 0.15) is 11.6 Å². The Morgan fingerprint density at radius 1 is 1.75 bits per heavy atom. The van der Waals surface area contributed by atoms with E-state index in [4.69, 9.17) is 5.26 Å². The summed E-state index contributed by atoms with van der Waals surface area (Å²) in [6, 6.07) is 1.98. The summed E-state index contributed by atoms with van der Waals surface area (Å²) in [7, 11) is 0. The van der Waals surface area contributed by atoms with Gasteiger partial charge in [-0.05, 0) is 13.3 Å². The van der Waals surface area contributed by atoms with Crippen molar-refractivity contribution in [2.24, 2.45) is 0 Å². The number of aromatic nitrogens is 3. The third kappa shape index (κ3) is 1.32. The van der Waals surface area contributed by atoms with Gasteiger partial charge in [0, 0.05) is 17.5 Å². The molecular weight excluding hydrogens is 204 g/mol. The summed E-state index contributed by atoms with van der Waals surface area (Å²) in [5, 5.41) is 11.6. The van der Waals surface area contributed by atoms with Gasteiger partial charge in [0.2, 0.25) is 0 Å². The number of H-pyrrole nitrogens is 1. The van der Waals surface area contributed by atoms with Crippen LogP contribution < -0.4 is 5.56 Å². The van der Waals surface area contributed by atoms with Crippen molar-refractivity contribution in [2.75, 3.05) is 0 Å². The van der Waals surface area contributed by atoms with Crippen molar-refractivity contribution >= 4 is 5.65 Å². The zero-order valence-corrected chi connectivity index (χ0v) is 8.82. The van der Waals surface area contributed by atoms with Gasteiger partial charge in [0.25, 0.3) is 5.56 Å². The SMILES string of the molecule is C=CCc1c(C)nc2c(C#N)c[nH]n2c1=O. The van der Waals surface area contributed by atoms with Crippen LogP contribution in [0, 0.1) is 18.3 Å². The molecule has 0 aliphatic rings. The first-order valence-electron chi connectivity index (χ1n) is 4.79. The molecule has 0 aromatic carbocycles. The van der Waals surface area contributed by atoms with E-state index in [-0.39, 0.29) is 5.56 Å². The van der Waals surface area contributed by atoms with Crippen LogP contribution in [0.5, 0.6) is 0 Å². The molecule has 0 fully saturated rings. The second kappa shape index (κ2) is 3.66. The molecule has 80 valence electrons. The molecule has 2 heterocycles. The van der Waals surface area contributed by atoms with Crippen LogP contribution in [-0.4, -0.2) is 14.6 Å². The smallest absolute Gasteiger partial charge is 0.276 e. The second-order valence-electron chi connectivity index (χ2n) is 3.43. The first-order valence-corrected chi connectivity index (χ1v) is 4.79. The summed E-state index contributed by atoms with van der Waals surface area (Å²) >= 11 is 0. The number of aryl methyl sites for hydroxylation is 1. The lowest BCUT2D eigenvalue weighted by molar-refractivity contribution is 0.863. The van der Waals surface area contributed by atoms with Crippen molar-refractivity contribution in [3.63, 3.8) is 0 Å². The van der Waals surface area contributed by atoms with Gasteiger partial charge in [-0.15, -0.1) is 6.58 Å². The van der Waals surface area contributed by atoms with E-state index in [2.05, 4.69) is 16.7 Å². The summed E-state index contributed by atoms with van der Waals surface area (Å²) < 4.78 is 1.28. The fraction of sp³-hybridized carbons (Fsp3) is 0.182. The Morgan fingerprint density at radius 3 is 3.12 bits per heavy atom. The minimum absolute atomic E-state index is 0.177. The Hall–Kier alpha value is -2.35. The Morgan fingerprint density at radius 2 is 2.50 bits per heavy atom. The van der Waals surface area contributed by atoms with Crippen molar-refractivity contribution in [1.82, 2.24) is 14.6 Å². The van der Waals surface area contributed by atoms with Crippen LogP contribution in [-0.2, 0) is 6.42 Å². The number of aromatic amines is 1. The van der Waals surface area contributed by atoms with Gasteiger partial charge >= 0.3 is 0 Å². The highest BCUT2D eigenvalue weighted by Gasteiger charge is 2.12. The third-order valence-corrected chi connectivity index (χ3v) is 2.43. The molecule has 0 saturated heterocycles. The van der Waals surface area contributed by atoms with Gasteiger partial charge in [0.15, 0.2) is 5.65 Å². The third-order valence-electron chi connectivity index (χ3n) is 2.43. The fourth-order valence-electron chi connectivity index (χ4n) is 1.62. The Bertz CT molecular complexity index is 657. The maximum Gasteiger partial charge on any atom is 0.276 e. The van der Waals surface area contributed by atoms with E-state index in [9.17, 15) is 4.79 Å². The fourth-order valence-corrected chi connectivity index (χ4v) is 1.62. The van der Waals surface area contributed by atoms with Crippen LogP contribution >= 0.6 is 0 Å². The molecule has 0 unspecified atom stereocenters.